The second kappa shape index (κ2) is 5.29. The minimum atomic E-state index is -1.04. The van der Waals surface area contributed by atoms with Crippen LogP contribution in [0.4, 0.5) is 0 Å². The molecule has 0 saturated heterocycles. The van der Waals surface area contributed by atoms with E-state index in [9.17, 15) is 4.21 Å². The first-order chi connectivity index (χ1) is 10.1. The van der Waals surface area contributed by atoms with Crippen LogP contribution in [0, 0.1) is 0 Å². The Balaban J connectivity index is 2.22. The van der Waals surface area contributed by atoms with E-state index in [4.69, 9.17) is 4.74 Å². The molecule has 3 rings (SSSR count). The molecule has 0 bridgehead atoms. The smallest absolute Gasteiger partial charge is 0.144 e. The molecule has 0 aliphatic carbocycles. The van der Waals surface area contributed by atoms with Crippen molar-refractivity contribution in [3.05, 3.63) is 36.7 Å². The molecule has 1 atom stereocenters. The van der Waals surface area contributed by atoms with E-state index in [0.29, 0.717) is 5.75 Å². The molecule has 2 aromatic heterocycles. The van der Waals surface area contributed by atoms with Crippen molar-refractivity contribution in [3.8, 4) is 17.1 Å². The largest absolute Gasteiger partial charge is 0.496 e. The van der Waals surface area contributed by atoms with Gasteiger partial charge in [-0.1, -0.05) is 0 Å². The molecule has 21 heavy (non-hydrogen) atoms. The van der Waals surface area contributed by atoms with E-state index < -0.39 is 10.8 Å². The summed E-state index contributed by atoms with van der Waals surface area (Å²) >= 11 is 0. The minimum Gasteiger partial charge on any atom is -0.496 e. The normalized spacial score (nSPS) is 12.5. The summed E-state index contributed by atoms with van der Waals surface area (Å²) < 4.78 is 19.0. The number of nitrogens with zero attached hydrogens (tertiary/aromatic N) is 3. The number of aryl methyl sites for hydroxylation is 1. The van der Waals surface area contributed by atoms with E-state index in [1.54, 1.807) is 31.8 Å². The van der Waals surface area contributed by atoms with Crippen LogP contribution in [0.15, 0.2) is 41.6 Å². The summed E-state index contributed by atoms with van der Waals surface area (Å²) in [5, 5.41) is 0. The first kappa shape index (κ1) is 13.8. The molecule has 1 unspecified atom stereocenters. The van der Waals surface area contributed by atoms with Crippen molar-refractivity contribution in [1.82, 2.24) is 14.5 Å². The summed E-state index contributed by atoms with van der Waals surface area (Å²) in [4.78, 5) is 9.44. The van der Waals surface area contributed by atoms with Crippen LogP contribution in [0.2, 0.25) is 0 Å². The van der Waals surface area contributed by atoms with Gasteiger partial charge in [0.1, 0.15) is 17.1 Å². The second-order valence-corrected chi connectivity index (χ2v) is 6.05. The Hall–Kier alpha value is -2.21. The lowest BCUT2D eigenvalue weighted by Gasteiger charge is -2.10. The van der Waals surface area contributed by atoms with Crippen LogP contribution < -0.4 is 4.74 Å². The Bertz CT molecular complexity index is 842. The van der Waals surface area contributed by atoms with Gasteiger partial charge in [-0.15, -0.1) is 0 Å². The SMILES string of the molecule is COc1cc(S(C)=O)ccc1-c1nc2cnccc2n1C. The lowest BCUT2D eigenvalue weighted by atomic mass is 10.2. The maximum Gasteiger partial charge on any atom is 0.144 e. The monoisotopic (exact) mass is 301 g/mol. The van der Waals surface area contributed by atoms with Gasteiger partial charge in [0.2, 0.25) is 0 Å². The van der Waals surface area contributed by atoms with Crippen molar-refractivity contribution >= 4 is 21.8 Å². The lowest BCUT2D eigenvalue weighted by Crippen LogP contribution is -1.97. The molecule has 3 aromatic rings. The molecule has 5 nitrogen and oxygen atoms in total. The van der Waals surface area contributed by atoms with E-state index in [1.165, 1.54) is 0 Å². The van der Waals surface area contributed by atoms with Gasteiger partial charge in [0.05, 0.1) is 24.4 Å². The van der Waals surface area contributed by atoms with E-state index in [0.717, 1.165) is 27.3 Å². The van der Waals surface area contributed by atoms with Gasteiger partial charge in [-0.05, 0) is 24.3 Å². The van der Waals surface area contributed by atoms with Gasteiger partial charge in [-0.2, -0.15) is 0 Å². The molecule has 108 valence electrons. The first-order valence-corrected chi connectivity index (χ1v) is 7.96. The molecular formula is C15H15N3O2S. The van der Waals surface area contributed by atoms with Crippen molar-refractivity contribution in [1.29, 1.82) is 0 Å². The highest BCUT2D eigenvalue weighted by molar-refractivity contribution is 7.84. The highest BCUT2D eigenvalue weighted by Gasteiger charge is 2.15. The second-order valence-electron chi connectivity index (χ2n) is 4.68. The predicted octanol–water partition coefficient (Wildman–Crippen LogP) is 2.38. The van der Waals surface area contributed by atoms with Gasteiger partial charge < -0.3 is 9.30 Å². The van der Waals surface area contributed by atoms with Crippen molar-refractivity contribution < 1.29 is 8.95 Å². The number of benzene rings is 1. The zero-order valence-electron chi connectivity index (χ0n) is 12.0. The van der Waals surface area contributed by atoms with E-state index in [1.807, 2.05) is 29.8 Å². The van der Waals surface area contributed by atoms with E-state index in [-0.39, 0.29) is 0 Å². The average Bonchev–Trinajstić information content (AvgIpc) is 2.84. The van der Waals surface area contributed by atoms with Crippen LogP contribution in [0.1, 0.15) is 0 Å². The molecular weight excluding hydrogens is 286 g/mol. The summed E-state index contributed by atoms with van der Waals surface area (Å²) in [7, 11) is 2.51. The quantitative estimate of drug-likeness (QED) is 0.745. The summed E-state index contributed by atoms with van der Waals surface area (Å²) in [6.45, 7) is 0. The Morgan fingerprint density at radius 2 is 2.10 bits per heavy atom. The van der Waals surface area contributed by atoms with Gasteiger partial charge in [0.25, 0.3) is 0 Å². The van der Waals surface area contributed by atoms with Crippen LogP contribution in [-0.4, -0.2) is 32.1 Å². The number of imidazole rings is 1. The highest BCUT2D eigenvalue weighted by atomic mass is 32.2. The van der Waals surface area contributed by atoms with Crippen LogP contribution in [0.25, 0.3) is 22.4 Å². The maximum absolute atomic E-state index is 11.6. The minimum absolute atomic E-state index is 0.661. The third-order valence-electron chi connectivity index (χ3n) is 3.43. The lowest BCUT2D eigenvalue weighted by molar-refractivity contribution is 0.415. The van der Waals surface area contributed by atoms with Crippen LogP contribution in [0.3, 0.4) is 0 Å². The number of rotatable bonds is 3. The van der Waals surface area contributed by atoms with Gasteiger partial charge >= 0.3 is 0 Å². The summed E-state index contributed by atoms with van der Waals surface area (Å²) in [5.74, 6) is 1.46. The topological polar surface area (TPSA) is 57.0 Å². The zero-order valence-corrected chi connectivity index (χ0v) is 12.8. The Morgan fingerprint density at radius 1 is 1.29 bits per heavy atom. The zero-order chi connectivity index (χ0) is 15.0. The standard InChI is InChI=1S/C15H15N3O2S/c1-18-13-6-7-16-9-12(13)17-15(18)11-5-4-10(21(3)19)8-14(11)20-2/h4-9H,1-3H3. The molecule has 0 fully saturated rings. The number of hydrogen-bond acceptors (Lipinski definition) is 4. The van der Waals surface area contributed by atoms with Gasteiger partial charge in [0.15, 0.2) is 0 Å². The van der Waals surface area contributed by atoms with Crippen molar-refractivity contribution in [2.24, 2.45) is 7.05 Å². The Morgan fingerprint density at radius 3 is 2.76 bits per heavy atom. The average molecular weight is 301 g/mol. The number of pyridine rings is 1. The number of fused-ring (bicyclic) bond motifs is 1. The van der Waals surface area contributed by atoms with Crippen LogP contribution >= 0.6 is 0 Å². The van der Waals surface area contributed by atoms with Crippen molar-refractivity contribution in [2.45, 2.75) is 4.90 Å². The fraction of sp³-hybridized carbons (Fsp3) is 0.200. The maximum atomic E-state index is 11.6. The molecule has 0 spiro atoms. The number of ether oxygens (including phenoxy) is 1. The molecule has 1 aromatic carbocycles. The molecule has 2 heterocycles. The Labute approximate surface area is 125 Å². The van der Waals surface area contributed by atoms with Crippen molar-refractivity contribution in [2.75, 3.05) is 13.4 Å². The third-order valence-corrected chi connectivity index (χ3v) is 4.35. The van der Waals surface area contributed by atoms with Gasteiger partial charge in [-0.25, -0.2) is 4.98 Å². The van der Waals surface area contributed by atoms with Crippen molar-refractivity contribution in [3.63, 3.8) is 0 Å². The molecule has 0 N–H and O–H groups in total. The molecule has 6 heteroatoms. The fourth-order valence-corrected chi connectivity index (χ4v) is 2.86. The molecule has 0 amide bonds. The highest BCUT2D eigenvalue weighted by Crippen LogP contribution is 2.32. The molecule has 0 aliphatic heterocycles. The van der Waals surface area contributed by atoms with Crippen LogP contribution in [-0.2, 0) is 17.8 Å². The van der Waals surface area contributed by atoms with Gasteiger partial charge in [-0.3, -0.25) is 9.19 Å². The summed E-state index contributed by atoms with van der Waals surface area (Å²) in [5.41, 5.74) is 2.70. The summed E-state index contributed by atoms with van der Waals surface area (Å²) in [6.07, 6.45) is 5.13. The first-order valence-electron chi connectivity index (χ1n) is 6.40. The predicted molar refractivity (Wildman–Crippen MR) is 82.8 cm³/mol. The van der Waals surface area contributed by atoms with Crippen LogP contribution in [0.5, 0.6) is 5.75 Å². The fourth-order valence-electron chi connectivity index (χ4n) is 2.33. The van der Waals surface area contributed by atoms with E-state index in [2.05, 4.69) is 9.97 Å². The summed E-state index contributed by atoms with van der Waals surface area (Å²) in [6, 6.07) is 7.45. The number of methoxy groups -OCH3 is 1. The number of hydrogen-bond donors (Lipinski definition) is 0. The molecule has 0 saturated carbocycles. The molecule has 0 radical (unpaired) electrons. The van der Waals surface area contributed by atoms with Gasteiger partial charge in [0, 0.05) is 35.2 Å². The van der Waals surface area contributed by atoms with E-state index >= 15 is 0 Å². The molecule has 0 aliphatic rings. The number of aromatic nitrogens is 3. The Kier molecular flexibility index (Phi) is 3.47. The third kappa shape index (κ3) is 2.31.